The van der Waals surface area contributed by atoms with Crippen LogP contribution in [0.2, 0.25) is 0 Å². The van der Waals surface area contributed by atoms with Gasteiger partial charge in [-0.05, 0) is 87.0 Å². The Morgan fingerprint density at radius 2 is 1.71 bits per heavy atom. The number of nitrogens with two attached hydrogens (primary N) is 1. The molecule has 1 heterocycles. The van der Waals surface area contributed by atoms with E-state index in [1.165, 1.54) is 6.92 Å². The molecule has 0 saturated carbocycles. The van der Waals surface area contributed by atoms with Crippen LogP contribution in [0, 0.1) is 0 Å². The van der Waals surface area contributed by atoms with E-state index >= 15 is 0 Å². The number of hydrogen-bond donors (Lipinski definition) is 2. The van der Waals surface area contributed by atoms with Crippen LogP contribution >= 0.6 is 0 Å². The van der Waals surface area contributed by atoms with E-state index in [0.29, 0.717) is 25.2 Å². The third-order valence-corrected chi connectivity index (χ3v) is 6.28. The molecule has 0 aliphatic heterocycles. The molecular weight excluding hydrogens is 476 g/mol. The standard InChI is InChI=1S/C30H40N6O2/c1-23(37)33-28-20-26(12-13-29(28)35(4)17-8-16-34(2)3)25-10-5-9-24(19-25)22-36(18-7-14-31)30(38)27-11-6-15-32-21-27/h5-6,9-13,15,19-21H,7-8,14,16-18,22,31H2,1-4H3,(H,33,37). The lowest BCUT2D eigenvalue weighted by Crippen LogP contribution is -2.32. The van der Waals surface area contributed by atoms with Crippen LogP contribution in [0.1, 0.15) is 35.7 Å². The third kappa shape index (κ3) is 8.39. The summed E-state index contributed by atoms with van der Waals surface area (Å²) in [5, 5.41) is 3.01. The quantitative estimate of drug-likeness (QED) is 0.355. The number of aromatic nitrogens is 1. The minimum Gasteiger partial charge on any atom is -0.373 e. The van der Waals surface area contributed by atoms with E-state index in [4.69, 9.17) is 5.73 Å². The molecule has 2 amide bonds. The SMILES string of the molecule is CC(=O)Nc1cc(-c2cccc(CN(CCCN)C(=O)c3cccnc3)c2)ccc1N(C)CCCN(C)C. The number of benzene rings is 2. The van der Waals surface area contributed by atoms with E-state index < -0.39 is 0 Å². The first-order valence-corrected chi connectivity index (χ1v) is 13.0. The number of nitrogens with zero attached hydrogens (tertiary/aromatic N) is 4. The average molecular weight is 517 g/mol. The number of pyridine rings is 1. The van der Waals surface area contributed by atoms with E-state index in [2.05, 4.69) is 52.4 Å². The van der Waals surface area contributed by atoms with Crippen molar-refractivity contribution in [3.63, 3.8) is 0 Å². The topological polar surface area (TPSA) is 94.8 Å². The van der Waals surface area contributed by atoms with Gasteiger partial charge in [-0.25, -0.2) is 0 Å². The van der Waals surface area contributed by atoms with Crippen molar-refractivity contribution in [1.82, 2.24) is 14.8 Å². The van der Waals surface area contributed by atoms with Crippen molar-refractivity contribution >= 4 is 23.2 Å². The monoisotopic (exact) mass is 516 g/mol. The maximum Gasteiger partial charge on any atom is 0.255 e. The average Bonchev–Trinajstić information content (AvgIpc) is 2.90. The zero-order chi connectivity index (χ0) is 27.5. The second-order valence-electron chi connectivity index (χ2n) is 9.80. The Morgan fingerprint density at radius 3 is 2.39 bits per heavy atom. The number of hydrogen-bond acceptors (Lipinski definition) is 6. The molecule has 8 heteroatoms. The van der Waals surface area contributed by atoms with Crippen molar-refractivity contribution in [2.45, 2.75) is 26.3 Å². The molecule has 2 aromatic carbocycles. The highest BCUT2D eigenvalue weighted by atomic mass is 16.2. The van der Waals surface area contributed by atoms with Gasteiger partial charge in [0.05, 0.1) is 16.9 Å². The van der Waals surface area contributed by atoms with Crippen molar-refractivity contribution < 1.29 is 9.59 Å². The van der Waals surface area contributed by atoms with E-state index in [1.807, 2.05) is 36.2 Å². The van der Waals surface area contributed by atoms with E-state index in [-0.39, 0.29) is 11.8 Å². The second kappa shape index (κ2) is 14.3. The highest BCUT2D eigenvalue weighted by molar-refractivity contribution is 5.95. The molecule has 1 aromatic heterocycles. The molecule has 0 aliphatic carbocycles. The van der Waals surface area contributed by atoms with Crippen LogP contribution in [0.3, 0.4) is 0 Å². The molecule has 8 nitrogen and oxygen atoms in total. The normalized spacial score (nSPS) is 10.9. The molecule has 0 saturated heterocycles. The zero-order valence-electron chi connectivity index (χ0n) is 23.0. The summed E-state index contributed by atoms with van der Waals surface area (Å²) in [5.74, 6) is -0.171. The molecule has 38 heavy (non-hydrogen) atoms. The lowest BCUT2D eigenvalue weighted by atomic mass is 10.0. The van der Waals surface area contributed by atoms with Crippen molar-refractivity contribution in [1.29, 1.82) is 0 Å². The Bertz CT molecular complexity index is 1200. The molecule has 0 spiro atoms. The minimum atomic E-state index is -0.108. The molecule has 0 aliphatic rings. The van der Waals surface area contributed by atoms with Crippen LogP contribution in [0.4, 0.5) is 11.4 Å². The predicted octanol–water partition coefficient (Wildman–Crippen LogP) is 4.09. The Labute approximate surface area is 226 Å². The number of carbonyl (C=O) groups excluding carboxylic acids is 2. The molecule has 0 radical (unpaired) electrons. The predicted molar refractivity (Wildman–Crippen MR) is 155 cm³/mol. The lowest BCUT2D eigenvalue weighted by molar-refractivity contribution is -0.114. The van der Waals surface area contributed by atoms with Gasteiger partial charge in [0.25, 0.3) is 5.91 Å². The summed E-state index contributed by atoms with van der Waals surface area (Å²) < 4.78 is 0. The summed E-state index contributed by atoms with van der Waals surface area (Å²) in [6, 6.07) is 17.9. The number of rotatable bonds is 13. The Morgan fingerprint density at radius 1 is 0.921 bits per heavy atom. The summed E-state index contributed by atoms with van der Waals surface area (Å²) in [7, 11) is 6.18. The fourth-order valence-electron chi connectivity index (χ4n) is 4.36. The Kier molecular flexibility index (Phi) is 10.8. The summed E-state index contributed by atoms with van der Waals surface area (Å²) >= 11 is 0. The molecule has 3 N–H and O–H groups in total. The summed E-state index contributed by atoms with van der Waals surface area (Å²) in [4.78, 5) is 35.4. The van der Waals surface area contributed by atoms with Crippen LogP contribution in [0.25, 0.3) is 11.1 Å². The number of anilines is 2. The second-order valence-corrected chi connectivity index (χ2v) is 9.80. The van der Waals surface area contributed by atoms with Crippen LogP contribution in [-0.4, -0.2) is 73.9 Å². The Balaban J connectivity index is 1.85. The molecule has 0 unspecified atom stereocenters. The van der Waals surface area contributed by atoms with Crippen LogP contribution < -0.4 is 16.0 Å². The van der Waals surface area contributed by atoms with Gasteiger partial charge in [-0.2, -0.15) is 0 Å². The maximum atomic E-state index is 13.2. The molecule has 202 valence electrons. The highest BCUT2D eigenvalue weighted by Crippen LogP contribution is 2.32. The fraction of sp³-hybridized carbons (Fsp3) is 0.367. The minimum absolute atomic E-state index is 0.0634. The third-order valence-electron chi connectivity index (χ3n) is 6.28. The first-order chi connectivity index (χ1) is 18.3. The van der Waals surface area contributed by atoms with E-state index in [0.717, 1.165) is 54.0 Å². The Hall–Kier alpha value is -3.75. The summed E-state index contributed by atoms with van der Waals surface area (Å²) in [6.45, 7) is 4.94. The largest absolute Gasteiger partial charge is 0.373 e. The molecule has 3 rings (SSSR count). The maximum absolute atomic E-state index is 13.2. The van der Waals surface area contributed by atoms with E-state index in [1.54, 1.807) is 24.5 Å². The van der Waals surface area contributed by atoms with Gasteiger partial charge in [-0.3, -0.25) is 14.6 Å². The van der Waals surface area contributed by atoms with Gasteiger partial charge >= 0.3 is 0 Å². The molecular formula is C30H40N6O2. The van der Waals surface area contributed by atoms with Crippen LogP contribution in [-0.2, 0) is 11.3 Å². The molecule has 0 fully saturated rings. The fourth-order valence-corrected chi connectivity index (χ4v) is 4.36. The van der Waals surface area contributed by atoms with Gasteiger partial charge in [0, 0.05) is 46.0 Å². The first-order valence-electron chi connectivity index (χ1n) is 13.0. The van der Waals surface area contributed by atoms with Gasteiger partial charge < -0.3 is 25.8 Å². The zero-order valence-corrected chi connectivity index (χ0v) is 23.0. The lowest BCUT2D eigenvalue weighted by Gasteiger charge is -2.24. The van der Waals surface area contributed by atoms with E-state index in [9.17, 15) is 9.59 Å². The van der Waals surface area contributed by atoms with Gasteiger partial charge in [-0.1, -0.05) is 24.3 Å². The smallest absolute Gasteiger partial charge is 0.255 e. The van der Waals surface area contributed by atoms with Gasteiger partial charge in [0.15, 0.2) is 0 Å². The summed E-state index contributed by atoms with van der Waals surface area (Å²) in [6.07, 6.45) is 4.99. The number of nitrogens with one attached hydrogen (secondary N) is 1. The number of amides is 2. The van der Waals surface area contributed by atoms with Crippen LogP contribution in [0.15, 0.2) is 67.0 Å². The molecule has 0 bridgehead atoms. The molecule has 3 aromatic rings. The van der Waals surface area contributed by atoms with Gasteiger partial charge in [-0.15, -0.1) is 0 Å². The highest BCUT2D eigenvalue weighted by Gasteiger charge is 2.17. The van der Waals surface area contributed by atoms with Crippen molar-refractivity contribution in [2.24, 2.45) is 5.73 Å². The van der Waals surface area contributed by atoms with Crippen LogP contribution in [0.5, 0.6) is 0 Å². The first kappa shape index (κ1) is 28.8. The van der Waals surface area contributed by atoms with Crippen molar-refractivity contribution in [2.75, 3.05) is 57.5 Å². The van der Waals surface area contributed by atoms with Gasteiger partial charge in [0.2, 0.25) is 5.91 Å². The number of carbonyl (C=O) groups is 2. The summed E-state index contributed by atoms with van der Waals surface area (Å²) in [5.41, 5.74) is 11.1. The van der Waals surface area contributed by atoms with Crippen molar-refractivity contribution in [3.05, 3.63) is 78.1 Å². The molecule has 0 atom stereocenters. The van der Waals surface area contributed by atoms with Crippen molar-refractivity contribution in [3.8, 4) is 11.1 Å². The van der Waals surface area contributed by atoms with Gasteiger partial charge in [0.1, 0.15) is 0 Å².